The average molecular weight is 236 g/mol. The van der Waals surface area contributed by atoms with Crippen molar-refractivity contribution in [1.82, 2.24) is 14.8 Å². The molecule has 0 unspecified atom stereocenters. The van der Waals surface area contributed by atoms with Crippen molar-refractivity contribution in [1.29, 1.82) is 0 Å². The summed E-state index contributed by atoms with van der Waals surface area (Å²) in [5.74, 6) is -0.0373. The molecule has 82 valence electrons. The van der Waals surface area contributed by atoms with Gasteiger partial charge in [-0.15, -0.1) is 0 Å². The van der Waals surface area contributed by atoms with E-state index in [1.54, 1.807) is 23.0 Å². The molecule has 2 aromatic heterocycles. The number of Topliss-reactive ketones (excluding diaryl/α,β-unsaturated/α-hetero) is 1. The number of pyridine rings is 1. The first kappa shape index (κ1) is 10.8. The summed E-state index contributed by atoms with van der Waals surface area (Å²) >= 11 is 5.69. The molecule has 5 heteroatoms. The standard InChI is InChI=1S/C11H10ClN3O/c1-15-7-8(5-14-15)4-11(16)10-3-2-9(12)6-13-10/h2-3,5-7H,4H2,1H3. The lowest BCUT2D eigenvalue weighted by Gasteiger charge is -1.97. The summed E-state index contributed by atoms with van der Waals surface area (Å²) in [4.78, 5) is 15.8. The van der Waals surface area contributed by atoms with E-state index in [-0.39, 0.29) is 5.78 Å². The Labute approximate surface area is 97.9 Å². The largest absolute Gasteiger partial charge is 0.292 e. The van der Waals surface area contributed by atoms with Crippen molar-refractivity contribution in [2.45, 2.75) is 6.42 Å². The normalized spacial score (nSPS) is 10.4. The molecule has 0 saturated carbocycles. The summed E-state index contributed by atoms with van der Waals surface area (Å²) in [5, 5.41) is 4.53. The Hall–Kier alpha value is -1.68. The molecule has 0 atom stereocenters. The second kappa shape index (κ2) is 4.45. The first-order valence-electron chi connectivity index (χ1n) is 4.77. The van der Waals surface area contributed by atoms with Crippen LogP contribution >= 0.6 is 11.6 Å². The Bertz CT molecular complexity index is 504. The topological polar surface area (TPSA) is 47.8 Å². The maximum absolute atomic E-state index is 11.8. The molecular weight excluding hydrogens is 226 g/mol. The number of rotatable bonds is 3. The molecule has 0 aromatic carbocycles. The lowest BCUT2D eigenvalue weighted by Crippen LogP contribution is -2.05. The van der Waals surface area contributed by atoms with Crippen LogP contribution in [0, 0.1) is 0 Å². The third-order valence-electron chi connectivity index (χ3n) is 2.14. The van der Waals surface area contributed by atoms with Gasteiger partial charge in [-0.2, -0.15) is 5.10 Å². The Kier molecular flexibility index (Phi) is 3.01. The van der Waals surface area contributed by atoms with Gasteiger partial charge < -0.3 is 0 Å². The quantitative estimate of drug-likeness (QED) is 0.764. The van der Waals surface area contributed by atoms with Crippen molar-refractivity contribution in [3.63, 3.8) is 0 Å². The first-order valence-corrected chi connectivity index (χ1v) is 5.15. The number of aromatic nitrogens is 3. The Balaban J connectivity index is 2.11. The van der Waals surface area contributed by atoms with Crippen LogP contribution in [0.15, 0.2) is 30.7 Å². The van der Waals surface area contributed by atoms with Crippen LogP contribution in [0.25, 0.3) is 0 Å². The number of ketones is 1. The second-order valence-electron chi connectivity index (χ2n) is 3.48. The van der Waals surface area contributed by atoms with E-state index in [1.807, 2.05) is 13.2 Å². The molecule has 0 spiro atoms. The fourth-order valence-electron chi connectivity index (χ4n) is 1.38. The van der Waals surface area contributed by atoms with Crippen LogP contribution in [-0.4, -0.2) is 20.5 Å². The number of hydrogen-bond donors (Lipinski definition) is 0. The molecule has 2 rings (SSSR count). The molecule has 0 radical (unpaired) electrons. The minimum absolute atomic E-state index is 0.0373. The number of hydrogen-bond acceptors (Lipinski definition) is 3. The fraction of sp³-hybridized carbons (Fsp3) is 0.182. The maximum Gasteiger partial charge on any atom is 0.185 e. The number of carbonyl (C=O) groups excluding carboxylic acids is 1. The third-order valence-corrected chi connectivity index (χ3v) is 2.36. The highest BCUT2D eigenvalue weighted by Crippen LogP contribution is 2.09. The zero-order valence-corrected chi connectivity index (χ0v) is 9.48. The van der Waals surface area contributed by atoms with Crippen molar-refractivity contribution in [3.05, 3.63) is 47.0 Å². The highest BCUT2D eigenvalue weighted by molar-refractivity contribution is 6.30. The lowest BCUT2D eigenvalue weighted by atomic mass is 10.1. The predicted molar refractivity (Wildman–Crippen MR) is 60.5 cm³/mol. The Morgan fingerprint density at radius 2 is 2.25 bits per heavy atom. The van der Waals surface area contributed by atoms with Gasteiger partial charge in [0, 0.05) is 25.9 Å². The van der Waals surface area contributed by atoms with Gasteiger partial charge in [0.05, 0.1) is 11.2 Å². The summed E-state index contributed by atoms with van der Waals surface area (Å²) in [5.41, 5.74) is 1.30. The van der Waals surface area contributed by atoms with E-state index < -0.39 is 0 Å². The summed E-state index contributed by atoms with van der Waals surface area (Å²) in [6.07, 6.45) is 5.27. The molecule has 2 aromatic rings. The van der Waals surface area contributed by atoms with Crippen molar-refractivity contribution in [2.75, 3.05) is 0 Å². The van der Waals surface area contributed by atoms with Crippen LogP contribution in [-0.2, 0) is 13.5 Å². The summed E-state index contributed by atoms with van der Waals surface area (Å²) in [7, 11) is 1.81. The van der Waals surface area contributed by atoms with Crippen molar-refractivity contribution < 1.29 is 4.79 Å². The molecule has 0 aliphatic carbocycles. The number of aryl methyl sites for hydroxylation is 1. The van der Waals surface area contributed by atoms with Crippen LogP contribution in [0.4, 0.5) is 0 Å². The maximum atomic E-state index is 11.8. The van der Waals surface area contributed by atoms with Crippen molar-refractivity contribution in [2.24, 2.45) is 7.05 Å². The smallest absolute Gasteiger partial charge is 0.185 e. The molecule has 2 heterocycles. The van der Waals surface area contributed by atoms with E-state index in [0.717, 1.165) is 5.56 Å². The second-order valence-corrected chi connectivity index (χ2v) is 3.92. The van der Waals surface area contributed by atoms with E-state index >= 15 is 0 Å². The minimum atomic E-state index is -0.0373. The predicted octanol–water partition coefficient (Wildman–Crippen LogP) is 1.89. The van der Waals surface area contributed by atoms with Gasteiger partial charge in [0.1, 0.15) is 5.69 Å². The van der Waals surface area contributed by atoms with Gasteiger partial charge in [-0.3, -0.25) is 14.5 Å². The van der Waals surface area contributed by atoms with E-state index in [2.05, 4.69) is 10.1 Å². The van der Waals surface area contributed by atoms with Crippen LogP contribution in [0.5, 0.6) is 0 Å². The fourth-order valence-corrected chi connectivity index (χ4v) is 1.49. The molecule has 0 aliphatic heterocycles. The van der Waals surface area contributed by atoms with Crippen molar-refractivity contribution in [3.8, 4) is 0 Å². The van der Waals surface area contributed by atoms with E-state index in [0.29, 0.717) is 17.1 Å². The monoisotopic (exact) mass is 235 g/mol. The summed E-state index contributed by atoms with van der Waals surface area (Å²) in [6.45, 7) is 0. The van der Waals surface area contributed by atoms with Crippen LogP contribution in [0.1, 0.15) is 16.1 Å². The SMILES string of the molecule is Cn1cc(CC(=O)c2ccc(Cl)cn2)cn1. The Morgan fingerprint density at radius 3 is 2.81 bits per heavy atom. The van der Waals surface area contributed by atoms with Gasteiger partial charge >= 0.3 is 0 Å². The molecule has 4 nitrogen and oxygen atoms in total. The van der Waals surface area contributed by atoms with Crippen LogP contribution in [0.2, 0.25) is 5.02 Å². The highest BCUT2D eigenvalue weighted by Gasteiger charge is 2.09. The average Bonchev–Trinajstić information content (AvgIpc) is 2.65. The Morgan fingerprint density at radius 1 is 1.44 bits per heavy atom. The number of halogens is 1. The van der Waals surface area contributed by atoms with Gasteiger partial charge in [0.15, 0.2) is 5.78 Å². The highest BCUT2D eigenvalue weighted by atomic mass is 35.5. The molecule has 0 saturated heterocycles. The number of carbonyl (C=O) groups is 1. The molecule has 0 amide bonds. The minimum Gasteiger partial charge on any atom is -0.292 e. The number of nitrogens with zero attached hydrogens (tertiary/aromatic N) is 3. The van der Waals surface area contributed by atoms with Gasteiger partial charge in [-0.25, -0.2) is 0 Å². The van der Waals surface area contributed by atoms with E-state index in [4.69, 9.17) is 11.6 Å². The van der Waals surface area contributed by atoms with Gasteiger partial charge in [0.2, 0.25) is 0 Å². The summed E-state index contributed by atoms with van der Waals surface area (Å²) < 4.78 is 1.66. The molecule has 16 heavy (non-hydrogen) atoms. The molecular formula is C11H10ClN3O. The molecule has 0 N–H and O–H groups in total. The van der Waals surface area contributed by atoms with Crippen molar-refractivity contribution >= 4 is 17.4 Å². The zero-order valence-electron chi connectivity index (χ0n) is 8.72. The van der Waals surface area contributed by atoms with E-state index in [1.165, 1.54) is 6.20 Å². The van der Waals surface area contributed by atoms with Gasteiger partial charge in [0.25, 0.3) is 0 Å². The summed E-state index contributed by atoms with van der Waals surface area (Å²) in [6, 6.07) is 3.28. The van der Waals surface area contributed by atoms with Gasteiger partial charge in [-0.1, -0.05) is 11.6 Å². The zero-order chi connectivity index (χ0) is 11.5. The lowest BCUT2D eigenvalue weighted by molar-refractivity contribution is 0.0988. The third kappa shape index (κ3) is 2.46. The first-order chi connectivity index (χ1) is 7.65. The van der Waals surface area contributed by atoms with Crippen LogP contribution < -0.4 is 0 Å². The van der Waals surface area contributed by atoms with E-state index in [9.17, 15) is 4.79 Å². The molecule has 0 fully saturated rings. The molecule has 0 bridgehead atoms. The molecule has 0 aliphatic rings. The van der Waals surface area contributed by atoms with Crippen LogP contribution in [0.3, 0.4) is 0 Å². The van der Waals surface area contributed by atoms with Gasteiger partial charge in [-0.05, 0) is 17.7 Å².